The fourth-order valence-corrected chi connectivity index (χ4v) is 1.17. The average Bonchev–Trinajstić information content (AvgIpc) is 2.16. The summed E-state index contributed by atoms with van der Waals surface area (Å²) >= 11 is 0. The van der Waals surface area contributed by atoms with Crippen LogP contribution in [-0.2, 0) is 14.3 Å². The molecule has 0 radical (unpaired) electrons. The second-order valence-electron chi connectivity index (χ2n) is 2.73. The lowest BCUT2D eigenvalue weighted by molar-refractivity contribution is -0.137. The van der Waals surface area contributed by atoms with Gasteiger partial charge < -0.3 is 9.84 Å². The smallest absolute Gasteiger partial charge is 0.308 e. The van der Waals surface area contributed by atoms with Gasteiger partial charge in [0.2, 0.25) is 5.78 Å². The second-order valence-corrected chi connectivity index (χ2v) is 2.73. The Bertz CT molecular complexity index is 264. The van der Waals surface area contributed by atoms with Crippen LogP contribution in [0.4, 0.5) is 0 Å². The van der Waals surface area contributed by atoms with E-state index in [1.807, 2.05) is 0 Å². The molecule has 66 valence electrons. The molecule has 0 aliphatic carbocycles. The highest BCUT2D eigenvalue weighted by Crippen LogP contribution is 2.23. The number of carboxylic acids is 1. The summed E-state index contributed by atoms with van der Waals surface area (Å²) in [5.74, 6) is -0.778. The zero-order valence-electron chi connectivity index (χ0n) is 6.96. The van der Waals surface area contributed by atoms with Gasteiger partial charge >= 0.3 is 5.97 Å². The van der Waals surface area contributed by atoms with Crippen LogP contribution in [0.1, 0.15) is 20.3 Å². The van der Waals surface area contributed by atoms with Crippen LogP contribution in [-0.4, -0.2) is 23.0 Å². The van der Waals surface area contributed by atoms with Crippen molar-refractivity contribution >= 4 is 11.8 Å². The number of carbonyl (C=O) groups is 2. The number of aliphatic carboxylic acids is 1. The minimum atomic E-state index is -1.00. The van der Waals surface area contributed by atoms with Gasteiger partial charge in [0.1, 0.15) is 5.76 Å². The zero-order valence-corrected chi connectivity index (χ0v) is 6.96. The number of rotatable bonds is 2. The van der Waals surface area contributed by atoms with E-state index in [2.05, 4.69) is 0 Å². The van der Waals surface area contributed by atoms with Crippen molar-refractivity contribution in [2.45, 2.75) is 26.4 Å². The van der Waals surface area contributed by atoms with Crippen LogP contribution >= 0.6 is 0 Å². The summed E-state index contributed by atoms with van der Waals surface area (Å²) < 4.78 is 5.05. The lowest BCUT2D eigenvalue weighted by Crippen LogP contribution is -2.14. The van der Waals surface area contributed by atoms with Gasteiger partial charge in [0.05, 0.1) is 6.42 Å². The fourth-order valence-electron chi connectivity index (χ4n) is 1.17. The highest BCUT2D eigenvalue weighted by Gasteiger charge is 2.30. The highest BCUT2D eigenvalue weighted by atomic mass is 16.5. The molecule has 4 nitrogen and oxygen atoms in total. The van der Waals surface area contributed by atoms with Crippen LogP contribution in [0.2, 0.25) is 0 Å². The topological polar surface area (TPSA) is 63.6 Å². The molecule has 0 fully saturated rings. The average molecular weight is 170 g/mol. The Hall–Kier alpha value is -1.32. The summed E-state index contributed by atoms with van der Waals surface area (Å²) in [6, 6.07) is 0. The summed E-state index contributed by atoms with van der Waals surface area (Å²) in [5.41, 5.74) is 0.287. The molecule has 1 N–H and O–H groups in total. The molecule has 1 heterocycles. The predicted molar refractivity (Wildman–Crippen MR) is 40.5 cm³/mol. The van der Waals surface area contributed by atoms with Crippen molar-refractivity contribution in [2.75, 3.05) is 0 Å². The number of allylic oxidation sites excluding steroid dienone is 1. The Labute approximate surface area is 69.8 Å². The van der Waals surface area contributed by atoms with E-state index in [0.29, 0.717) is 5.76 Å². The van der Waals surface area contributed by atoms with Crippen molar-refractivity contribution in [3.05, 3.63) is 11.3 Å². The lowest BCUT2D eigenvalue weighted by atomic mass is 10.1. The van der Waals surface area contributed by atoms with Gasteiger partial charge in [0, 0.05) is 5.57 Å². The number of hydrogen-bond donors (Lipinski definition) is 1. The molecule has 4 heteroatoms. The van der Waals surface area contributed by atoms with Crippen LogP contribution in [0.3, 0.4) is 0 Å². The molecular formula is C8H10O4. The van der Waals surface area contributed by atoms with Gasteiger partial charge in [0.25, 0.3) is 0 Å². The quantitative estimate of drug-likeness (QED) is 0.663. The number of ketones is 1. The molecule has 0 aromatic heterocycles. The van der Waals surface area contributed by atoms with Crippen molar-refractivity contribution in [1.29, 1.82) is 0 Å². The maximum absolute atomic E-state index is 11.2. The van der Waals surface area contributed by atoms with Crippen LogP contribution in [0.15, 0.2) is 11.3 Å². The molecule has 1 aliphatic rings. The van der Waals surface area contributed by atoms with E-state index in [4.69, 9.17) is 9.84 Å². The van der Waals surface area contributed by atoms with Crippen LogP contribution in [0, 0.1) is 0 Å². The third-order valence-corrected chi connectivity index (χ3v) is 1.77. The van der Waals surface area contributed by atoms with E-state index in [9.17, 15) is 9.59 Å². The number of hydrogen-bond acceptors (Lipinski definition) is 3. The van der Waals surface area contributed by atoms with Gasteiger partial charge in [-0.25, -0.2) is 0 Å². The first-order valence-electron chi connectivity index (χ1n) is 3.64. The SMILES string of the molecule is CC1=C(CC(=O)O)C(=O)C(C)O1. The zero-order chi connectivity index (χ0) is 9.30. The maximum atomic E-state index is 11.2. The molecule has 1 rings (SSSR count). The van der Waals surface area contributed by atoms with E-state index in [-0.39, 0.29) is 17.8 Å². The van der Waals surface area contributed by atoms with Crippen LogP contribution in [0.5, 0.6) is 0 Å². The monoisotopic (exact) mass is 170 g/mol. The number of carboxylic acid groups (broad SMARTS) is 1. The molecule has 0 amide bonds. The van der Waals surface area contributed by atoms with Crippen LogP contribution < -0.4 is 0 Å². The fraction of sp³-hybridized carbons (Fsp3) is 0.500. The maximum Gasteiger partial charge on any atom is 0.308 e. The van der Waals surface area contributed by atoms with Crippen molar-refractivity contribution < 1.29 is 19.4 Å². The molecule has 0 aromatic rings. The largest absolute Gasteiger partial charge is 0.487 e. The van der Waals surface area contributed by atoms with E-state index in [1.54, 1.807) is 13.8 Å². The standard InChI is InChI=1S/C8H10O4/c1-4-6(3-7(9)10)8(11)5(2)12-4/h5H,3H2,1-2H3,(H,9,10). The number of carbonyl (C=O) groups excluding carboxylic acids is 1. The molecule has 0 saturated heterocycles. The van der Waals surface area contributed by atoms with E-state index in [0.717, 1.165) is 0 Å². The Kier molecular flexibility index (Phi) is 2.17. The van der Waals surface area contributed by atoms with Gasteiger partial charge in [-0.2, -0.15) is 0 Å². The van der Waals surface area contributed by atoms with Gasteiger partial charge in [-0.15, -0.1) is 0 Å². The molecule has 12 heavy (non-hydrogen) atoms. The van der Waals surface area contributed by atoms with Crippen molar-refractivity contribution in [2.24, 2.45) is 0 Å². The van der Waals surface area contributed by atoms with Gasteiger partial charge in [-0.05, 0) is 13.8 Å². The van der Waals surface area contributed by atoms with Gasteiger partial charge in [0.15, 0.2) is 6.10 Å². The molecule has 0 saturated carbocycles. The minimum Gasteiger partial charge on any atom is -0.487 e. The molecule has 0 spiro atoms. The second kappa shape index (κ2) is 2.97. The van der Waals surface area contributed by atoms with E-state index < -0.39 is 12.1 Å². The van der Waals surface area contributed by atoms with Gasteiger partial charge in [-0.3, -0.25) is 9.59 Å². The van der Waals surface area contributed by atoms with Gasteiger partial charge in [-0.1, -0.05) is 0 Å². The third-order valence-electron chi connectivity index (χ3n) is 1.77. The first kappa shape index (κ1) is 8.77. The molecule has 0 bridgehead atoms. The molecule has 1 unspecified atom stereocenters. The summed E-state index contributed by atoms with van der Waals surface area (Å²) in [4.78, 5) is 21.5. The Morgan fingerprint density at radius 3 is 2.58 bits per heavy atom. The Morgan fingerprint density at radius 2 is 2.25 bits per heavy atom. The molecule has 1 aliphatic heterocycles. The van der Waals surface area contributed by atoms with E-state index >= 15 is 0 Å². The first-order chi connectivity index (χ1) is 5.52. The van der Waals surface area contributed by atoms with E-state index in [1.165, 1.54) is 0 Å². The Morgan fingerprint density at radius 1 is 1.67 bits per heavy atom. The number of Topliss-reactive ketones (excluding diaryl/α,β-unsaturated/α-hetero) is 1. The summed E-state index contributed by atoms with van der Waals surface area (Å²) in [6.07, 6.45) is -0.756. The van der Waals surface area contributed by atoms with Crippen LogP contribution in [0.25, 0.3) is 0 Å². The molecular weight excluding hydrogens is 160 g/mol. The summed E-state index contributed by atoms with van der Waals surface area (Å²) in [7, 11) is 0. The normalized spacial score (nSPS) is 22.8. The summed E-state index contributed by atoms with van der Waals surface area (Å²) in [5, 5.41) is 8.45. The van der Waals surface area contributed by atoms with Crippen molar-refractivity contribution in [3.63, 3.8) is 0 Å². The summed E-state index contributed by atoms with van der Waals surface area (Å²) in [6.45, 7) is 3.22. The minimum absolute atomic E-state index is 0.213. The predicted octanol–water partition coefficient (Wildman–Crippen LogP) is 0.723. The molecule has 1 atom stereocenters. The highest BCUT2D eigenvalue weighted by molar-refractivity contribution is 6.03. The third kappa shape index (κ3) is 1.47. The number of ether oxygens (including phenoxy) is 1. The Balaban J connectivity index is 2.81. The van der Waals surface area contributed by atoms with Crippen molar-refractivity contribution in [3.8, 4) is 0 Å². The first-order valence-corrected chi connectivity index (χ1v) is 3.64. The lowest BCUT2D eigenvalue weighted by Gasteiger charge is -2.00. The van der Waals surface area contributed by atoms with Crippen molar-refractivity contribution in [1.82, 2.24) is 0 Å². The molecule has 0 aromatic carbocycles.